The number of hydrogen-bond acceptors (Lipinski definition) is 12. The number of nitrogens with one attached hydrogen (secondary N) is 1. The lowest BCUT2D eigenvalue weighted by Crippen LogP contribution is -2.54. The van der Waals surface area contributed by atoms with Gasteiger partial charge in [0.15, 0.2) is 0 Å². The molecule has 2 aliphatic heterocycles. The van der Waals surface area contributed by atoms with Gasteiger partial charge in [-0.25, -0.2) is 4.90 Å². The fourth-order valence-electron chi connectivity index (χ4n) is 5.68. The molecule has 1 unspecified atom stereocenters. The van der Waals surface area contributed by atoms with Crippen LogP contribution in [0, 0.1) is 0 Å². The number of aromatic nitrogens is 3. The van der Waals surface area contributed by atoms with Crippen LogP contribution in [-0.4, -0.2) is 82.6 Å². The highest BCUT2D eigenvalue weighted by Crippen LogP contribution is 2.31. The molecule has 2 fully saturated rings. The number of alkyl halides is 3. The zero-order chi connectivity index (χ0) is 32.3. The molecule has 1 amide bonds. The van der Waals surface area contributed by atoms with Crippen LogP contribution in [-0.2, 0) is 4.79 Å². The Balaban J connectivity index is 1.34. The normalized spacial score (nSPS) is 23.0. The summed E-state index contributed by atoms with van der Waals surface area (Å²) in [5, 5.41) is 13.8. The number of carbonyl (C=O) groups is 1. The standard InChI is InChI=1S/C29H38F3N11O2/c30-29(31,32)43(23-4-2-1-3-5-23)25(45)12-24(44)17-6-8-22(9-7-17)37-26-38-27(41-13-18(33)10-19(34)14-41)40-28(39-26)42-15-20(35)11-21(36)16-42/h1-9,18-21,24,44H,10-16,33-36H2,(H,37,38,39,40)/t18-,19+,20-,21+,24?. The maximum Gasteiger partial charge on any atom is 0.491 e. The number of halogens is 3. The average molecular weight is 630 g/mol. The molecule has 10 N–H and O–H groups in total. The molecule has 0 bridgehead atoms. The number of aliphatic hydroxyl groups excluding tert-OH is 1. The summed E-state index contributed by atoms with van der Waals surface area (Å²) in [7, 11) is 0. The highest BCUT2D eigenvalue weighted by molar-refractivity contribution is 5.94. The molecule has 13 nitrogen and oxygen atoms in total. The van der Waals surface area contributed by atoms with Crippen LogP contribution in [0.5, 0.6) is 0 Å². The van der Waals surface area contributed by atoms with Crippen LogP contribution in [0.4, 0.5) is 42.4 Å². The van der Waals surface area contributed by atoms with Crippen molar-refractivity contribution in [2.75, 3.05) is 46.2 Å². The predicted octanol–water partition coefficient (Wildman–Crippen LogP) is 1.32. The Hall–Kier alpha value is -4.09. The molecule has 3 heterocycles. The number of piperidine rings is 2. The van der Waals surface area contributed by atoms with Gasteiger partial charge >= 0.3 is 6.30 Å². The van der Waals surface area contributed by atoms with Gasteiger partial charge in [0, 0.05) is 56.0 Å². The van der Waals surface area contributed by atoms with Gasteiger partial charge < -0.3 is 43.2 Å². The van der Waals surface area contributed by atoms with E-state index in [2.05, 4.69) is 15.3 Å². The van der Waals surface area contributed by atoms with E-state index in [0.29, 0.717) is 56.6 Å². The Labute approximate surface area is 258 Å². The number of benzene rings is 2. The highest BCUT2D eigenvalue weighted by atomic mass is 19.4. The van der Waals surface area contributed by atoms with Crippen molar-refractivity contribution in [3.63, 3.8) is 0 Å². The van der Waals surface area contributed by atoms with Gasteiger partial charge in [-0.2, -0.15) is 15.0 Å². The third-order valence-corrected chi connectivity index (χ3v) is 7.64. The number of carbonyl (C=O) groups excluding carboxylic acids is 1. The molecule has 1 aromatic heterocycles. The number of aliphatic hydroxyl groups is 1. The van der Waals surface area contributed by atoms with Gasteiger partial charge in [0.2, 0.25) is 23.8 Å². The molecule has 2 aliphatic rings. The number of rotatable bonds is 8. The number of amides is 1. The second-order valence-corrected chi connectivity index (χ2v) is 11.6. The van der Waals surface area contributed by atoms with Crippen molar-refractivity contribution < 1.29 is 23.1 Å². The van der Waals surface area contributed by atoms with E-state index < -0.39 is 24.7 Å². The highest BCUT2D eigenvalue weighted by Gasteiger charge is 2.42. The van der Waals surface area contributed by atoms with Crippen LogP contribution in [0.15, 0.2) is 54.6 Å². The maximum atomic E-state index is 13.7. The zero-order valence-electron chi connectivity index (χ0n) is 24.5. The molecule has 0 saturated carbocycles. The molecule has 5 rings (SSSR count). The number of nitrogens with two attached hydrogens (primary N) is 4. The lowest BCUT2D eigenvalue weighted by atomic mass is 10.0. The number of nitrogens with zero attached hydrogens (tertiary/aromatic N) is 6. The summed E-state index contributed by atoms with van der Waals surface area (Å²) in [6, 6.07) is 12.3. The summed E-state index contributed by atoms with van der Waals surface area (Å²) in [6.45, 7) is 2.04. The van der Waals surface area contributed by atoms with Crippen molar-refractivity contribution in [2.45, 2.75) is 55.8 Å². The zero-order valence-corrected chi connectivity index (χ0v) is 24.5. The first-order valence-corrected chi connectivity index (χ1v) is 14.6. The Morgan fingerprint density at radius 2 is 1.33 bits per heavy atom. The molecule has 3 aromatic rings. The van der Waals surface area contributed by atoms with Crippen molar-refractivity contribution in [1.29, 1.82) is 0 Å². The van der Waals surface area contributed by atoms with E-state index in [4.69, 9.17) is 27.9 Å². The lowest BCUT2D eigenvalue weighted by molar-refractivity contribution is -0.151. The first-order chi connectivity index (χ1) is 21.4. The first kappa shape index (κ1) is 32.3. The topological polar surface area (TPSA) is 202 Å². The minimum absolute atomic E-state index is 0.149. The summed E-state index contributed by atoms with van der Waals surface area (Å²) < 4.78 is 41.1. The van der Waals surface area contributed by atoms with Crippen LogP contribution < -0.4 is 43.0 Å². The molecular weight excluding hydrogens is 591 g/mol. The largest absolute Gasteiger partial charge is 0.491 e. The maximum absolute atomic E-state index is 13.7. The van der Waals surface area contributed by atoms with Gasteiger partial charge in [-0.05, 0) is 42.7 Å². The molecule has 5 atom stereocenters. The minimum Gasteiger partial charge on any atom is -0.388 e. The monoisotopic (exact) mass is 629 g/mol. The van der Waals surface area contributed by atoms with Crippen LogP contribution in [0.3, 0.4) is 0 Å². The molecule has 16 heteroatoms. The third-order valence-electron chi connectivity index (χ3n) is 7.64. The van der Waals surface area contributed by atoms with Gasteiger partial charge in [-0.3, -0.25) is 4.79 Å². The molecule has 45 heavy (non-hydrogen) atoms. The Morgan fingerprint density at radius 1 is 0.844 bits per heavy atom. The molecule has 2 saturated heterocycles. The van der Waals surface area contributed by atoms with Crippen LogP contribution >= 0.6 is 0 Å². The van der Waals surface area contributed by atoms with E-state index in [9.17, 15) is 23.1 Å². The van der Waals surface area contributed by atoms with Gasteiger partial charge in [-0.15, -0.1) is 13.2 Å². The fourth-order valence-corrected chi connectivity index (χ4v) is 5.68. The van der Waals surface area contributed by atoms with Crippen molar-refractivity contribution in [3.05, 3.63) is 60.2 Å². The molecule has 0 spiro atoms. The van der Waals surface area contributed by atoms with E-state index >= 15 is 0 Å². The molecule has 242 valence electrons. The van der Waals surface area contributed by atoms with E-state index in [0.717, 1.165) is 0 Å². The summed E-state index contributed by atoms with van der Waals surface area (Å²) in [4.78, 5) is 30.1. The summed E-state index contributed by atoms with van der Waals surface area (Å²) in [5.74, 6) is -0.288. The van der Waals surface area contributed by atoms with Crippen molar-refractivity contribution in [3.8, 4) is 0 Å². The minimum atomic E-state index is -4.96. The van der Waals surface area contributed by atoms with Crippen molar-refractivity contribution in [1.82, 2.24) is 15.0 Å². The second kappa shape index (κ2) is 13.5. The van der Waals surface area contributed by atoms with E-state index in [-0.39, 0.29) is 46.3 Å². The summed E-state index contributed by atoms with van der Waals surface area (Å²) >= 11 is 0. The van der Waals surface area contributed by atoms with E-state index in [1.165, 1.54) is 36.4 Å². The predicted molar refractivity (Wildman–Crippen MR) is 165 cm³/mol. The Kier molecular flexibility index (Phi) is 9.69. The lowest BCUT2D eigenvalue weighted by Gasteiger charge is -2.37. The third kappa shape index (κ3) is 8.15. The van der Waals surface area contributed by atoms with Crippen molar-refractivity contribution in [2.24, 2.45) is 22.9 Å². The van der Waals surface area contributed by atoms with Crippen LogP contribution in [0.25, 0.3) is 0 Å². The van der Waals surface area contributed by atoms with Crippen LogP contribution in [0.1, 0.15) is 30.9 Å². The Bertz CT molecular complexity index is 1380. The van der Waals surface area contributed by atoms with Crippen LogP contribution in [0.2, 0.25) is 0 Å². The quantitative estimate of drug-likeness (QED) is 0.196. The molecule has 2 aromatic carbocycles. The van der Waals surface area contributed by atoms with Gasteiger partial charge in [0.1, 0.15) is 0 Å². The number of para-hydroxylation sites is 1. The van der Waals surface area contributed by atoms with Gasteiger partial charge in [0.05, 0.1) is 18.2 Å². The van der Waals surface area contributed by atoms with E-state index in [1.807, 2.05) is 9.80 Å². The smallest absolute Gasteiger partial charge is 0.388 e. The van der Waals surface area contributed by atoms with Gasteiger partial charge in [-0.1, -0.05) is 30.3 Å². The summed E-state index contributed by atoms with van der Waals surface area (Å²) in [5.41, 5.74) is 25.3. The molecule has 0 aliphatic carbocycles. The number of hydrogen-bond donors (Lipinski definition) is 6. The van der Waals surface area contributed by atoms with Gasteiger partial charge in [0.25, 0.3) is 0 Å². The second-order valence-electron chi connectivity index (χ2n) is 11.6. The SMILES string of the molecule is N[C@@H]1C[C@H](N)CN(c2nc(Nc3ccc(C(O)CC(=O)N(c4ccccc4)C(F)(F)F)cc3)nc(N3C[C@H](N)C[C@H](N)C3)n2)C1. The van der Waals surface area contributed by atoms with Crippen molar-refractivity contribution >= 4 is 35.1 Å². The molecule has 0 radical (unpaired) electrons. The Morgan fingerprint density at radius 3 is 1.80 bits per heavy atom. The average Bonchev–Trinajstić information content (AvgIpc) is 2.96. The van der Waals surface area contributed by atoms with E-state index in [1.54, 1.807) is 18.2 Å². The fraction of sp³-hybridized carbons (Fsp3) is 0.448. The summed E-state index contributed by atoms with van der Waals surface area (Å²) in [6.07, 6.45) is -5.85. The first-order valence-electron chi connectivity index (χ1n) is 14.6. The number of anilines is 5. The molecular formula is C29H38F3N11O2.